The van der Waals surface area contributed by atoms with Gasteiger partial charge in [0.2, 0.25) is 0 Å². The van der Waals surface area contributed by atoms with Gasteiger partial charge in [0.25, 0.3) is 0 Å². The van der Waals surface area contributed by atoms with E-state index in [0.29, 0.717) is 41.6 Å². The number of Topliss-reactive ketones (excluding diaryl/α,β-unsaturated/α-hetero) is 1. The smallest absolute Gasteiger partial charge is 0.150 e. The van der Waals surface area contributed by atoms with Gasteiger partial charge in [-0.15, -0.1) is 0 Å². The molecule has 6 heteroatoms. The SMILES string of the molecule is COc1ccc(F)cc1-c1c(F)cnc2[nH]c(C3=CCC(=O)CC3)cc12. The number of rotatable bonds is 3. The summed E-state index contributed by atoms with van der Waals surface area (Å²) in [5, 5.41) is 0.543. The van der Waals surface area contributed by atoms with Crippen LogP contribution in [0.25, 0.3) is 27.7 Å². The number of allylic oxidation sites excluding steroid dienone is 2. The van der Waals surface area contributed by atoms with E-state index in [9.17, 15) is 13.6 Å². The third kappa shape index (κ3) is 2.77. The number of H-pyrrole nitrogens is 1. The first-order valence-electron chi connectivity index (χ1n) is 8.29. The van der Waals surface area contributed by atoms with E-state index in [4.69, 9.17) is 4.74 Å². The summed E-state index contributed by atoms with van der Waals surface area (Å²) in [6.45, 7) is 0. The highest BCUT2D eigenvalue weighted by Gasteiger charge is 2.20. The monoisotopic (exact) mass is 354 g/mol. The summed E-state index contributed by atoms with van der Waals surface area (Å²) in [6.07, 6.45) is 4.52. The zero-order valence-electron chi connectivity index (χ0n) is 14.1. The summed E-state index contributed by atoms with van der Waals surface area (Å²) >= 11 is 0. The average Bonchev–Trinajstić information content (AvgIpc) is 3.06. The summed E-state index contributed by atoms with van der Waals surface area (Å²) in [5.41, 5.74) is 2.86. The molecule has 1 aliphatic rings. The van der Waals surface area contributed by atoms with Crippen LogP contribution < -0.4 is 4.74 Å². The number of aromatic nitrogens is 2. The number of carbonyl (C=O) groups is 1. The van der Waals surface area contributed by atoms with Crippen molar-refractivity contribution in [2.24, 2.45) is 0 Å². The molecule has 0 bridgehead atoms. The van der Waals surface area contributed by atoms with Gasteiger partial charge < -0.3 is 9.72 Å². The number of carbonyl (C=O) groups excluding carboxylic acids is 1. The van der Waals surface area contributed by atoms with Crippen molar-refractivity contribution >= 4 is 22.4 Å². The van der Waals surface area contributed by atoms with E-state index in [1.807, 2.05) is 6.08 Å². The summed E-state index contributed by atoms with van der Waals surface area (Å²) in [5.74, 6) is -0.448. The van der Waals surface area contributed by atoms with E-state index >= 15 is 0 Å². The maximum absolute atomic E-state index is 14.6. The van der Waals surface area contributed by atoms with Crippen LogP contribution in [-0.2, 0) is 4.79 Å². The number of hydrogen-bond acceptors (Lipinski definition) is 3. The number of fused-ring (bicyclic) bond motifs is 1. The van der Waals surface area contributed by atoms with E-state index in [1.54, 1.807) is 6.07 Å². The highest BCUT2D eigenvalue weighted by Crippen LogP contribution is 2.38. The Balaban J connectivity index is 1.92. The number of benzene rings is 1. The van der Waals surface area contributed by atoms with Crippen molar-refractivity contribution in [1.29, 1.82) is 0 Å². The second-order valence-corrected chi connectivity index (χ2v) is 6.24. The molecule has 0 amide bonds. The normalized spacial score (nSPS) is 14.6. The van der Waals surface area contributed by atoms with Crippen LogP contribution in [0.15, 0.2) is 36.5 Å². The highest BCUT2D eigenvalue weighted by atomic mass is 19.1. The Labute approximate surface area is 148 Å². The lowest BCUT2D eigenvalue weighted by Crippen LogP contribution is -2.02. The molecule has 0 radical (unpaired) electrons. The molecule has 2 aromatic heterocycles. The van der Waals surface area contributed by atoms with Gasteiger partial charge in [0.15, 0.2) is 0 Å². The Morgan fingerprint density at radius 3 is 2.77 bits per heavy atom. The Morgan fingerprint density at radius 1 is 1.19 bits per heavy atom. The molecular weight excluding hydrogens is 338 g/mol. The molecule has 0 saturated carbocycles. The number of nitrogens with one attached hydrogen (secondary N) is 1. The summed E-state index contributed by atoms with van der Waals surface area (Å²) in [6, 6.07) is 5.79. The molecule has 0 fully saturated rings. The predicted octanol–water partition coefficient (Wildman–Crippen LogP) is 4.65. The quantitative estimate of drug-likeness (QED) is 0.745. The van der Waals surface area contributed by atoms with Gasteiger partial charge in [0.1, 0.15) is 28.8 Å². The van der Waals surface area contributed by atoms with Crippen molar-refractivity contribution in [3.63, 3.8) is 0 Å². The largest absolute Gasteiger partial charge is 0.496 e. The lowest BCUT2D eigenvalue weighted by atomic mass is 9.96. The van der Waals surface area contributed by atoms with Gasteiger partial charge in [-0.3, -0.25) is 4.79 Å². The first-order chi connectivity index (χ1) is 12.6. The third-order valence-corrected chi connectivity index (χ3v) is 4.64. The van der Waals surface area contributed by atoms with Crippen molar-refractivity contribution in [3.8, 4) is 16.9 Å². The number of halogens is 2. The molecular formula is C20H16F2N2O2. The average molecular weight is 354 g/mol. The molecule has 3 aromatic rings. The molecule has 1 aliphatic carbocycles. The molecule has 4 nitrogen and oxygen atoms in total. The lowest BCUT2D eigenvalue weighted by Gasteiger charge is -2.10. The van der Waals surface area contributed by atoms with Crippen molar-refractivity contribution in [3.05, 3.63) is 53.9 Å². The van der Waals surface area contributed by atoms with Gasteiger partial charge in [-0.25, -0.2) is 13.8 Å². The first-order valence-corrected chi connectivity index (χ1v) is 8.29. The van der Waals surface area contributed by atoms with Crippen LogP contribution in [0.1, 0.15) is 25.0 Å². The van der Waals surface area contributed by atoms with Gasteiger partial charge in [-0.1, -0.05) is 6.08 Å². The minimum atomic E-state index is -0.556. The topological polar surface area (TPSA) is 55.0 Å². The van der Waals surface area contributed by atoms with E-state index in [1.165, 1.54) is 25.3 Å². The van der Waals surface area contributed by atoms with E-state index in [2.05, 4.69) is 9.97 Å². The minimum Gasteiger partial charge on any atom is -0.496 e. The molecule has 132 valence electrons. The van der Waals surface area contributed by atoms with Gasteiger partial charge in [-0.2, -0.15) is 0 Å². The predicted molar refractivity (Wildman–Crippen MR) is 94.8 cm³/mol. The van der Waals surface area contributed by atoms with E-state index in [-0.39, 0.29) is 11.3 Å². The van der Waals surface area contributed by atoms with Crippen LogP contribution in [0.4, 0.5) is 8.78 Å². The molecule has 0 aliphatic heterocycles. The molecule has 0 unspecified atom stereocenters. The van der Waals surface area contributed by atoms with E-state index < -0.39 is 11.6 Å². The Kier molecular flexibility index (Phi) is 4.03. The maximum Gasteiger partial charge on any atom is 0.150 e. The summed E-state index contributed by atoms with van der Waals surface area (Å²) in [7, 11) is 1.46. The van der Waals surface area contributed by atoms with Crippen molar-refractivity contribution in [2.75, 3.05) is 7.11 Å². The molecule has 0 saturated heterocycles. The zero-order valence-corrected chi connectivity index (χ0v) is 14.1. The van der Waals surface area contributed by atoms with Crippen molar-refractivity contribution in [1.82, 2.24) is 9.97 Å². The van der Waals surface area contributed by atoms with Crippen LogP contribution in [0.3, 0.4) is 0 Å². The number of ketones is 1. The Morgan fingerprint density at radius 2 is 2.04 bits per heavy atom. The number of pyridine rings is 1. The molecule has 2 heterocycles. The third-order valence-electron chi connectivity index (χ3n) is 4.64. The maximum atomic E-state index is 14.6. The fourth-order valence-electron chi connectivity index (χ4n) is 3.33. The standard InChI is InChI=1S/C20H16F2N2O2/c1-26-18-7-4-12(21)8-14(18)19-15-9-17(11-2-5-13(25)6-3-11)24-20(15)23-10-16(19)22/h2,4,7-10H,3,5-6H2,1H3,(H,23,24). The Hall–Kier alpha value is -3.02. The van der Waals surface area contributed by atoms with Gasteiger partial charge in [-0.05, 0) is 36.3 Å². The first kappa shape index (κ1) is 16.4. The number of ether oxygens (including phenoxy) is 1. The second kappa shape index (κ2) is 6.37. The molecule has 0 spiro atoms. The molecule has 0 atom stereocenters. The van der Waals surface area contributed by atoms with Gasteiger partial charge in [0, 0.05) is 35.0 Å². The fourth-order valence-corrected chi connectivity index (χ4v) is 3.33. The van der Waals surface area contributed by atoms with Crippen LogP contribution in [0.5, 0.6) is 5.75 Å². The highest BCUT2D eigenvalue weighted by molar-refractivity contribution is 5.97. The van der Waals surface area contributed by atoms with Gasteiger partial charge >= 0.3 is 0 Å². The van der Waals surface area contributed by atoms with Crippen LogP contribution in [0, 0.1) is 11.6 Å². The minimum absolute atomic E-state index is 0.208. The van der Waals surface area contributed by atoms with Crippen LogP contribution in [-0.4, -0.2) is 22.9 Å². The Bertz CT molecular complexity index is 1050. The van der Waals surface area contributed by atoms with Crippen LogP contribution in [0.2, 0.25) is 0 Å². The number of nitrogens with zero attached hydrogens (tertiary/aromatic N) is 1. The number of methoxy groups -OCH3 is 1. The molecule has 1 N–H and O–H groups in total. The zero-order chi connectivity index (χ0) is 18.3. The van der Waals surface area contributed by atoms with Gasteiger partial charge in [0.05, 0.1) is 13.3 Å². The number of aromatic amines is 1. The van der Waals surface area contributed by atoms with Crippen molar-refractivity contribution in [2.45, 2.75) is 19.3 Å². The lowest BCUT2D eigenvalue weighted by molar-refractivity contribution is -0.118. The van der Waals surface area contributed by atoms with Crippen molar-refractivity contribution < 1.29 is 18.3 Å². The van der Waals surface area contributed by atoms with Crippen LogP contribution >= 0.6 is 0 Å². The summed E-state index contributed by atoms with van der Waals surface area (Å²) < 4.78 is 33.7. The fraction of sp³-hybridized carbons (Fsp3) is 0.200. The van der Waals surface area contributed by atoms with E-state index in [0.717, 1.165) is 17.5 Å². The molecule has 1 aromatic carbocycles. The molecule has 26 heavy (non-hydrogen) atoms. The summed E-state index contributed by atoms with van der Waals surface area (Å²) in [4.78, 5) is 18.7. The number of hydrogen-bond donors (Lipinski definition) is 1. The molecule has 4 rings (SSSR count). The second-order valence-electron chi connectivity index (χ2n) is 6.24.